The molecule has 0 atom stereocenters. The number of nitrogens with one attached hydrogen (secondary N) is 1. The second-order valence-electron chi connectivity index (χ2n) is 3.93. The molecule has 0 radical (unpaired) electrons. The third-order valence-corrected chi connectivity index (χ3v) is 3.16. The van der Waals surface area contributed by atoms with Gasteiger partial charge in [0, 0.05) is 16.4 Å². The van der Waals surface area contributed by atoms with Gasteiger partial charge in [-0.2, -0.15) is 0 Å². The van der Waals surface area contributed by atoms with Gasteiger partial charge in [0.1, 0.15) is 5.82 Å². The number of aromatic nitrogens is 1. The molecule has 1 aromatic carbocycles. The molecular formula is C13H12BrClN2. The van der Waals surface area contributed by atoms with E-state index in [2.05, 4.69) is 52.2 Å². The first kappa shape index (κ1) is 12.4. The molecule has 0 aliphatic rings. The van der Waals surface area contributed by atoms with E-state index in [1.165, 1.54) is 11.1 Å². The van der Waals surface area contributed by atoms with Gasteiger partial charge in [0.05, 0.1) is 5.02 Å². The monoisotopic (exact) mass is 310 g/mol. The SMILES string of the molecule is Cc1ccc(Nc2ncc(Br)cc2Cl)c(C)c1. The summed E-state index contributed by atoms with van der Waals surface area (Å²) in [6.45, 7) is 4.13. The van der Waals surface area contributed by atoms with Crippen LogP contribution in [0.5, 0.6) is 0 Å². The molecule has 2 rings (SSSR count). The molecule has 0 bridgehead atoms. The summed E-state index contributed by atoms with van der Waals surface area (Å²) in [7, 11) is 0. The first-order chi connectivity index (χ1) is 8.06. The van der Waals surface area contributed by atoms with E-state index < -0.39 is 0 Å². The van der Waals surface area contributed by atoms with Crippen LogP contribution < -0.4 is 5.32 Å². The van der Waals surface area contributed by atoms with Crippen LogP contribution in [0.1, 0.15) is 11.1 Å². The maximum Gasteiger partial charge on any atom is 0.149 e. The maximum atomic E-state index is 6.11. The average Bonchev–Trinajstić information content (AvgIpc) is 2.25. The number of hydrogen-bond donors (Lipinski definition) is 1. The molecule has 0 fully saturated rings. The maximum absolute atomic E-state index is 6.11. The highest BCUT2D eigenvalue weighted by Crippen LogP contribution is 2.27. The van der Waals surface area contributed by atoms with Gasteiger partial charge in [-0.25, -0.2) is 4.98 Å². The molecule has 0 spiro atoms. The van der Waals surface area contributed by atoms with Crippen LogP contribution in [0.25, 0.3) is 0 Å². The van der Waals surface area contributed by atoms with Crippen molar-refractivity contribution in [2.24, 2.45) is 0 Å². The molecular weight excluding hydrogens is 300 g/mol. The fourth-order valence-electron chi connectivity index (χ4n) is 1.59. The number of rotatable bonds is 2. The number of pyridine rings is 1. The Labute approximate surface area is 114 Å². The molecule has 0 aliphatic heterocycles. The summed E-state index contributed by atoms with van der Waals surface area (Å²) >= 11 is 9.44. The van der Waals surface area contributed by atoms with Crippen molar-refractivity contribution in [1.82, 2.24) is 4.98 Å². The minimum absolute atomic E-state index is 0.597. The van der Waals surface area contributed by atoms with Crippen LogP contribution in [-0.2, 0) is 0 Å². The van der Waals surface area contributed by atoms with Crippen molar-refractivity contribution < 1.29 is 0 Å². The number of nitrogens with zero attached hydrogens (tertiary/aromatic N) is 1. The van der Waals surface area contributed by atoms with Gasteiger partial charge >= 0.3 is 0 Å². The lowest BCUT2D eigenvalue weighted by atomic mass is 10.1. The third-order valence-electron chi connectivity index (χ3n) is 2.44. The lowest BCUT2D eigenvalue weighted by Crippen LogP contribution is -1.96. The number of anilines is 2. The summed E-state index contributed by atoms with van der Waals surface area (Å²) in [6, 6.07) is 8.03. The van der Waals surface area contributed by atoms with E-state index in [0.29, 0.717) is 10.8 Å². The summed E-state index contributed by atoms with van der Waals surface area (Å²) in [5, 5.41) is 3.83. The van der Waals surface area contributed by atoms with Gasteiger partial charge in [0.25, 0.3) is 0 Å². The smallest absolute Gasteiger partial charge is 0.149 e. The fraction of sp³-hybridized carbons (Fsp3) is 0.154. The molecule has 0 saturated heterocycles. The highest BCUT2D eigenvalue weighted by Gasteiger charge is 2.05. The standard InChI is InChI=1S/C13H12BrClN2/c1-8-3-4-12(9(2)5-8)17-13-11(15)6-10(14)7-16-13/h3-7H,1-2H3,(H,16,17). The van der Waals surface area contributed by atoms with E-state index in [9.17, 15) is 0 Å². The van der Waals surface area contributed by atoms with Crippen LogP contribution >= 0.6 is 27.5 Å². The molecule has 17 heavy (non-hydrogen) atoms. The van der Waals surface area contributed by atoms with Crippen LogP contribution in [0.15, 0.2) is 34.9 Å². The van der Waals surface area contributed by atoms with E-state index in [1.807, 2.05) is 12.1 Å². The Bertz CT molecular complexity index is 506. The molecule has 1 N–H and O–H groups in total. The van der Waals surface area contributed by atoms with Gasteiger partial charge in [-0.3, -0.25) is 0 Å². The van der Waals surface area contributed by atoms with Crippen molar-refractivity contribution in [3.8, 4) is 0 Å². The van der Waals surface area contributed by atoms with Crippen molar-refractivity contribution in [3.05, 3.63) is 51.1 Å². The normalized spacial score (nSPS) is 10.4. The van der Waals surface area contributed by atoms with Gasteiger partial charge in [-0.1, -0.05) is 29.3 Å². The zero-order valence-corrected chi connectivity index (χ0v) is 11.9. The minimum atomic E-state index is 0.597. The Morgan fingerprint density at radius 3 is 2.65 bits per heavy atom. The van der Waals surface area contributed by atoms with E-state index in [1.54, 1.807) is 6.20 Å². The summed E-state index contributed by atoms with van der Waals surface area (Å²) < 4.78 is 0.869. The van der Waals surface area contributed by atoms with E-state index in [4.69, 9.17) is 11.6 Å². The molecule has 4 heteroatoms. The Morgan fingerprint density at radius 1 is 1.24 bits per heavy atom. The predicted molar refractivity (Wildman–Crippen MR) is 76.1 cm³/mol. The van der Waals surface area contributed by atoms with E-state index >= 15 is 0 Å². The van der Waals surface area contributed by atoms with Gasteiger partial charge in [-0.05, 0) is 47.5 Å². The van der Waals surface area contributed by atoms with Crippen molar-refractivity contribution in [2.75, 3.05) is 5.32 Å². The highest BCUT2D eigenvalue weighted by atomic mass is 79.9. The molecule has 0 saturated carbocycles. The molecule has 2 nitrogen and oxygen atoms in total. The number of benzene rings is 1. The summed E-state index contributed by atoms with van der Waals surface area (Å²) in [5.74, 6) is 0.668. The van der Waals surface area contributed by atoms with Gasteiger partial charge < -0.3 is 5.32 Å². The Balaban J connectivity index is 2.31. The highest BCUT2D eigenvalue weighted by molar-refractivity contribution is 9.10. The van der Waals surface area contributed by atoms with Crippen molar-refractivity contribution >= 4 is 39.0 Å². The lowest BCUT2D eigenvalue weighted by Gasteiger charge is -2.10. The predicted octanol–water partition coefficient (Wildman–Crippen LogP) is 4.86. The fourth-order valence-corrected chi connectivity index (χ4v) is 2.26. The number of hydrogen-bond acceptors (Lipinski definition) is 2. The van der Waals surface area contributed by atoms with Crippen molar-refractivity contribution in [1.29, 1.82) is 0 Å². The summed E-state index contributed by atoms with van der Waals surface area (Å²) in [6.07, 6.45) is 1.72. The summed E-state index contributed by atoms with van der Waals surface area (Å²) in [4.78, 5) is 4.25. The van der Waals surface area contributed by atoms with Crippen molar-refractivity contribution in [3.63, 3.8) is 0 Å². The van der Waals surface area contributed by atoms with Gasteiger partial charge in [0.15, 0.2) is 0 Å². The number of halogens is 2. The first-order valence-electron chi connectivity index (χ1n) is 5.21. The zero-order chi connectivity index (χ0) is 12.4. The Hall–Kier alpha value is -1.06. The average molecular weight is 312 g/mol. The van der Waals surface area contributed by atoms with Crippen LogP contribution in [0.2, 0.25) is 5.02 Å². The summed E-state index contributed by atoms with van der Waals surface area (Å²) in [5.41, 5.74) is 3.43. The minimum Gasteiger partial charge on any atom is -0.339 e. The first-order valence-corrected chi connectivity index (χ1v) is 6.38. The van der Waals surface area contributed by atoms with Crippen molar-refractivity contribution in [2.45, 2.75) is 13.8 Å². The molecule has 0 amide bonds. The third kappa shape index (κ3) is 2.99. The second-order valence-corrected chi connectivity index (χ2v) is 5.25. The van der Waals surface area contributed by atoms with Gasteiger partial charge in [-0.15, -0.1) is 0 Å². The molecule has 1 aromatic heterocycles. The second kappa shape index (κ2) is 5.07. The molecule has 1 heterocycles. The van der Waals surface area contributed by atoms with Crippen LogP contribution in [0.3, 0.4) is 0 Å². The van der Waals surface area contributed by atoms with E-state index in [0.717, 1.165) is 10.2 Å². The topological polar surface area (TPSA) is 24.9 Å². The number of aryl methyl sites for hydroxylation is 2. The Morgan fingerprint density at radius 2 is 2.00 bits per heavy atom. The Kier molecular flexibility index (Phi) is 3.69. The van der Waals surface area contributed by atoms with E-state index in [-0.39, 0.29) is 0 Å². The van der Waals surface area contributed by atoms with Gasteiger partial charge in [0.2, 0.25) is 0 Å². The zero-order valence-electron chi connectivity index (χ0n) is 9.59. The molecule has 0 unspecified atom stereocenters. The largest absolute Gasteiger partial charge is 0.339 e. The van der Waals surface area contributed by atoms with Crippen LogP contribution in [-0.4, -0.2) is 4.98 Å². The van der Waals surface area contributed by atoms with Crippen LogP contribution in [0.4, 0.5) is 11.5 Å². The lowest BCUT2D eigenvalue weighted by molar-refractivity contribution is 1.28. The molecule has 2 aromatic rings. The molecule has 0 aliphatic carbocycles. The quantitative estimate of drug-likeness (QED) is 0.857. The molecule has 88 valence electrons. The van der Waals surface area contributed by atoms with Crippen LogP contribution in [0, 0.1) is 13.8 Å².